The Hall–Kier alpha value is -0.180. The fraction of sp³-hybridized carbons (Fsp3) is 1.00. The molecule has 1 rings (SSSR count). The van der Waals surface area contributed by atoms with E-state index in [2.05, 4.69) is 5.32 Å². The second-order valence-corrected chi connectivity index (χ2v) is 4.67. The minimum Gasteiger partial charge on any atom is -0.317 e. The van der Waals surface area contributed by atoms with Crippen molar-refractivity contribution in [3.8, 4) is 0 Å². The van der Waals surface area contributed by atoms with Gasteiger partial charge in [-0.25, -0.2) is 8.78 Å². The van der Waals surface area contributed by atoms with Crippen LogP contribution in [0.4, 0.5) is 8.78 Å². The fourth-order valence-electron chi connectivity index (χ4n) is 1.92. The molecule has 0 saturated carbocycles. The van der Waals surface area contributed by atoms with Crippen LogP contribution in [0.5, 0.6) is 0 Å². The van der Waals surface area contributed by atoms with E-state index >= 15 is 0 Å². The summed E-state index contributed by atoms with van der Waals surface area (Å²) < 4.78 is 26.9. The molecule has 0 radical (unpaired) electrons. The van der Waals surface area contributed by atoms with Crippen molar-refractivity contribution in [1.82, 2.24) is 5.32 Å². The van der Waals surface area contributed by atoms with Crippen molar-refractivity contribution in [2.45, 2.75) is 45.5 Å². The Balaban J connectivity index is 2.41. The maximum Gasteiger partial charge on any atom is 0.250 e. The number of rotatable bonds is 3. The molecule has 0 aromatic heterocycles. The van der Waals surface area contributed by atoms with Gasteiger partial charge in [0.2, 0.25) is 0 Å². The number of nitrogens with one attached hydrogen (secondary N) is 1. The Bertz CT molecular complexity index is 161. The van der Waals surface area contributed by atoms with Gasteiger partial charge in [0.15, 0.2) is 0 Å². The van der Waals surface area contributed by atoms with Crippen molar-refractivity contribution < 1.29 is 8.78 Å². The standard InChI is InChI=1S/C11H21F2N/c1-9(2)11(12,13)8-10-4-3-6-14-7-5-10/h9-10,14H,3-8H2,1-2H3. The first-order valence-electron chi connectivity index (χ1n) is 5.61. The summed E-state index contributed by atoms with van der Waals surface area (Å²) in [4.78, 5) is 0. The van der Waals surface area contributed by atoms with Gasteiger partial charge in [-0.3, -0.25) is 0 Å². The van der Waals surface area contributed by atoms with Crippen molar-refractivity contribution in [2.75, 3.05) is 13.1 Å². The summed E-state index contributed by atoms with van der Waals surface area (Å²) in [5.74, 6) is -2.80. The normalized spacial score (nSPS) is 25.1. The summed E-state index contributed by atoms with van der Waals surface area (Å²) >= 11 is 0. The van der Waals surface area contributed by atoms with E-state index in [1.807, 2.05) is 0 Å². The van der Waals surface area contributed by atoms with Crippen LogP contribution >= 0.6 is 0 Å². The number of alkyl halides is 2. The highest BCUT2D eigenvalue weighted by atomic mass is 19.3. The van der Waals surface area contributed by atoms with Crippen LogP contribution in [0.25, 0.3) is 0 Å². The highest BCUT2D eigenvalue weighted by Crippen LogP contribution is 2.34. The van der Waals surface area contributed by atoms with E-state index in [0.717, 1.165) is 32.4 Å². The van der Waals surface area contributed by atoms with Crippen molar-refractivity contribution in [2.24, 2.45) is 11.8 Å². The van der Waals surface area contributed by atoms with Crippen molar-refractivity contribution in [1.29, 1.82) is 0 Å². The minimum atomic E-state index is -2.48. The molecule has 1 nitrogen and oxygen atoms in total. The second kappa shape index (κ2) is 5.06. The van der Waals surface area contributed by atoms with E-state index < -0.39 is 11.8 Å². The van der Waals surface area contributed by atoms with Crippen LogP contribution in [0.2, 0.25) is 0 Å². The minimum absolute atomic E-state index is 0.0757. The SMILES string of the molecule is CC(C)C(F)(F)CC1CCCNCC1. The third-order valence-electron chi connectivity index (χ3n) is 3.10. The lowest BCUT2D eigenvalue weighted by molar-refractivity contribution is -0.0661. The maximum atomic E-state index is 13.4. The summed E-state index contributed by atoms with van der Waals surface area (Å²) in [5, 5.41) is 3.25. The molecular weight excluding hydrogens is 184 g/mol. The molecule has 0 bridgehead atoms. The third-order valence-corrected chi connectivity index (χ3v) is 3.10. The van der Waals surface area contributed by atoms with Crippen LogP contribution in [0, 0.1) is 11.8 Å². The van der Waals surface area contributed by atoms with E-state index in [1.165, 1.54) is 0 Å². The van der Waals surface area contributed by atoms with E-state index in [9.17, 15) is 8.78 Å². The van der Waals surface area contributed by atoms with E-state index in [-0.39, 0.29) is 12.3 Å². The second-order valence-electron chi connectivity index (χ2n) is 4.67. The quantitative estimate of drug-likeness (QED) is 0.746. The lowest BCUT2D eigenvalue weighted by Gasteiger charge is -2.25. The lowest BCUT2D eigenvalue weighted by Crippen LogP contribution is -2.27. The van der Waals surface area contributed by atoms with Gasteiger partial charge in [-0.15, -0.1) is 0 Å². The van der Waals surface area contributed by atoms with Gasteiger partial charge in [0.25, 0.3) is 5.92 Å². The number of halogens is 2. The molecule has 1 unspecified atom stereocenters. The summed E-state index contributed by atoms with van der Waals surface area (Å²) in [6.45, 7) is 5.10. The predicted molar refractivity (Wildman–Crippen MR) is 54.6 cm³/mol. The first kappa shape index (κ1) is 11.9. The van der Waals surface area contributed by atoms with E-state index in [1.54, 1.807) is 13.8 Å². The maximum absolute atomic E-state index is 13.4. The van der Waals surface area contributed by atoms with Gasteiger partial charge < -0.3 is 5.32 Å². The zero-order valence-electron chi connectivity index (χ0n) is 9.15. The third kappa shape index (κ3) is 3.52. The van der Waals surface area contributed by atoms with Gasteiger partial charge in [-0.2, -0.15) is 0 Å². The van der Waals surface area contributed by atoms with E-state index in [4.69, 9.17) is 0 Å². The highest BCUT2D eigenvalue weighted by Gasteiger charge is 2.35. The summed E-state index contributed by atoms with van der Waals surface area (Å²) in [5.41, 5.74) is 0. The predicted octanol–water partition coefficient (Wildman–Crippen LogP) is 3.06. The van der Waals surface area contributed by atoms with Crippen LogP contribution < -0.4 is 5.32 Å². The van der Waals surface area contributed by atoms with Gasteiger partial charge in [-0.05, 0) is 38.3 Å². The summed E-state index contributed by atoms with van der Waals surface area (Å²) in [6.07, 6.45) is 2.98. The monoisotopic (exact) mass is 205 g/mol. The molecule has 1 heterocycles. The van der Waals surface area contributed by atoms with Crippen molar-refractivity contribution >= 4 is 0 Å². The van der Waals surface area contributed by atoms with Gasteiger partial charge >= 0.3 is 0 Å². The number of hydrogen-bond acceptors (Lipinski definition) is 1. The Morgan fingerprint density at radius 3 is 2.64 bits per heavy atom. The topological polar surface area (TPSA) is 12.0 Å². The molecule has 0 aromatic rings. The molecule has 14 heavy (non-hydrogen) atoms. The molecular formula is C11H21F2N. The molecule has 1 saturated heterocycles. The molecule has 1 fully saturated rings. The Labute approximate surface area is 85.3 Å². The Morgan fingerprint density at radius 1 is 1.29 bits per heavy atom. The molecule has 1 aliphatic rings. The van der Waals surface area contributed by atoms with Crippen LogP contribution in [0.1, 0.15) is 39.5 Å². The largest absolute Gasteiger partial charge is 0.317 e. The Kier molecular flexibility index (Phi) is 4.30. The first-order chi connectivity index (χ1) is 6.52. The zero-order valence-corrected chi connectivity index (χ0v) is 9.15. The van der Waals surface area contributed by atoms with Gasteiger partial charge in [-0.1, -0.05) is 13.8 Å². The molecule has 1 atom stereocenters. The van der Waals surface area contributed by atoms with Crippen LogP contribution in [0.3, 0.4) is 0 Å². The smallest absolute Gasteiger partial charge is 0.250 e. The van der Waals surface area contributed by atoms with Crippen LogP contribution in [0.15, 0.2) is 0 Å². The van der Waals surface area contributed by atoms with Crippen molar-refractivity contribution in [3.05, 3.63) is 0 Å². The van der Waals surface area contributed by atoms with Gasteiger partial charge in [0.1, 0.15) is 0 Å². The average molecular weight is 205 g/mol. The molecule has 3 heteroatoms. The van der Waals surface area contributed by atoms with Crippen LogP contribution in [-0.4, -0.2) is 19.0 Å². The lowest BCUT2D eigenvalue weighted by atomic mass is 9.89. The molecule has 0 aromatic carbocycles. The first-order valence-corrected chi connectivity index (χ1v) is 5.61. The van der Waals surface area contributed by atoms with Gasteiger partial charge in [0.05, 0.1) is 0 Å². The summed E-state index contributed by atoms with van der Waals surface area (Å²) in [6, 6.07) is 0. The van der Waals surface area contributed by atoms with Crippen molar-refractivity contribution in [3.63, 3.8) is 0 Å². The molecule has 0 amide bonds. The summed E-state index contributed by atoms with van der Waals surface area (Å²) in [7, 11) is 0. The molecule has 84 valence electrons. The molecule has 0 aliphatic carbocycles. The number of hydrogen-bond donors (Lipinski definition) is 1. The van der Waals surface area contributed by atoms with E-state index in [0.29, 0.717) is 0 Å². The average Bonchev–Trinajstić information content (AvgIpc) is 2.32. The van der Waals surface area contributed by atoms with Gasteiger partial charge in [0, 0.05) is 12.3 Å². The molecule has 0 spiro atoms. The Morgan fingerprint density at radius 2 is 2.00 bits per heavy atom. The molecule has 1 N–H and O–H groups in total. The van der Waals surface area contributed by atoms with Crippen LogP contribution in [-0.2, 0) is 0 Å². The molecule has 1 aliphatic heterocycles. The highest BCUT2D eigenvalue weighted by molar-refractivity contribution is 4.77. The zero-order chi connectivity index (χ0) is 10.6. The fourth-order valence-corrected chi connectivity index (χ4v) is 1.92.